The molecule has 5 heteroatoms. The molecule has 0 bridgehead atoms. The fraction of sp³-hybridized carbons (Fsp3) is 0.500. The van der Waals surface area contributed by atoms with Crippen molar-refractivity contribution in [1.29, 1.82) is 0 Å². The van der Waals surface area contributed by atoms with Gasteiger partial charge in [0.15, 0.2) is 0 Å². The van der Waals surface area contributed by atoms with Gasteiger partial charge in [-0.1, -0.05) is 24.1 Å². The molecule has 0 radical (unpaired) electrons. The van der Waals surface area contributed by atoms with Crippen molar-refractivity contribution in [2.24, 2.45) is 0 Å². The number of nitrogens with one attached hydrogen (secondary N) is 1. The summed E-state index contributed by atoms with van der Waals surface area (Å²) in [6, 6.07) is 7.70. The van der Waals surface area contributed by atoms with Crippen molar-refractivity contribution >= 4 is 11.9 Å². The molecule has 0 saturated heterocycles. The number of aliphatic carboxylic acids is 1. The number of carboxylic acids is 1. The van der Waals surface area contributed by atoms with E-state index < -0.39 is 5.97 Å². The van der Waals surface area contributed by atoms with Crippen LogP contribution >= 0.6 is 0 Å². The van der Waals surface area contributed by atoms with Crippen LogP contribution in [0.1, 0.15) is 37.7 Å². The number of carboxylic acid groups (broad SMARTS) is 1. The summed E-state index contributed by atoms with van der Waals surface area (Å²) in [4.78, 5) is 21.9. The van der Waals surface area contributed by atoms with Gasteiger partial charge in [-0.25, -0.2) is 0 Å². The van der Waals surface area contributed by atoms with Gasteiger partial charge in [0.1, 0.15) is 5.75 Å². The molecule has 0 aliphatic carbocycles. The summed E-state index contributed by atoms with van der Waals surface area (Å²) in [6.45, 7) is 2.95. The number of ether oxygens (including phenoxy) is 1. The monoisotopic (exact) mass is 293 g/mol. The molecule has 0 fully saturated rings. The van der Waals surface area contributed by atoms with Gasteiger partial charge in [0.05, 0.1) is 13.0 Å². The highest BCUT2D eigenvalue weighted by molar-refractivity contribution is 5.75. The Morgan fingerprint density at radius 2 is 1.81 bits per heavy atom. The van der Waals surface area contributed by atoms with Gasteiger partial charge in [-0.15, -0.1) is 0 Å². The SMILES string of the molecule is Cc1ccc(OCCC(=O)NCCCCCC(=O)O)cc1. The van der Waals surface area contributed by atoms with Crippen molar-refractivity contribution in [2.45, 2.75) is 39.0 Å². The highest BCUT2D eigenvalue weighted by Gasteiger charge is 2.02. The van der Waals surface area contributed by atoms with Crippen LogP contribution in [0.15, 0.2) is 24.3 Å². The number of hydrogen-bond acceptors (Lipinski definition) is 3. The van der Waals surface area contributed by atoms with E-state index in [1.807, 2.05) is 31.2 Å². The molecule has 5 nitrogen and oxygen atoms in total. The van der Waals surface area contributed by atoms with Gasteiger partial charge in [0, 0.05) is 13.0 Å². The molecule has 0 aliphatic heterocycles. The Morgan fingerprint density at radius 1 is 1.10 bits per heavy atom. The van der Waals surface area contributed by atoms with Gasteiger partial charge in [-0.3, -0.25) is 9.59 Å². The molecule has 0 aromatic heterocycles. The second-order valence-electron chi connectivity index (χ2n) is 4.97. The number of aryl methyl sites for hydroxylation is 1. The third-order valence-electron chi connectivity index (χ3n) is 3.01. The molecule has 1 rings (SSSR count). The molecule has 2 N–H and O–H groups in total. The lowest BCUT2D eigenvalue weighted by molar-refractivity contribution is -0.137. The Kier molecular flexibility index (Phi) is 7.94. The van der Waals surface area contributed by atoms with Crippen LogP contribution in [0.3, 0.4) is 0 Å². The fourth-order valence-electron chi connectivity index (χ4n) is 1.79. The maximum Gasteiger partial charge on any atom is 0.303 e. The smallest absolute Gasteiger partial charge is 0.303 e. The molecule has 1 aromatic carbocycles. The number of hydrogen-bond donors (Lipinski definition) is 2. The third kappa shape index (κ3) is 8.68. The summed E-state index contributed by atoms with van der Waals surface area (Å²) in [7, 11) is 0. The first-order chi connectivity index (χ1) is 10.1. The number of rotatable bonds is 10. The average molecular weight is 293 g/mol. The topological polar surface area (TPSA) is 75.6 Å². The minimum Gasteiger partial charge on any atom is -0.493 e. The lowest BCUT2D eigenvalue weighted by atomic mass is 10.2. The van der Waals surface area contributed by atoms with Crippen molar-refractivity contribution in [3.05, 3.63) is 29.8 Å². The van der Waals surface area contributed by atoms with Crippen molar-refractivity contribution in [2.75, 3.05) is 13.2 Å². The van der Waals surface area contributed by atoms with E-state index in [2.05, 4.69) is 5.32 Å². The highest BCUT2D eigenvalue weighted by Crippen LogP contribution is 2.11. The third-order valence-corrected chi connectivity index (χ3v) is 3.01. The van der Waals surface area contributed by atoms with E-state index in [-0.39, 0.29) is 12.3 Å². The van der Waals surface area contributed by atoms with Crippen LogP contribution < -0.4 is 10.1 Å². The van der Waals surface area contributed by atoms with Crippen molar-refractivity contribution in [1.82, 2.24) is 5.32 Å². The molecule has 0 unspecified atom stereocenters. The Balaban J connectivity index is 2.01. The Morgan fingerprint density at radius 3 is 2.48 bits per heavy atom. The lowest BCUT2D eigenvalue weighted by Gasteiger charge is -2.07. The van der Waals surface area contributed by atoms with Crippen LogP contribution in [-0.2, 0) is 9.59 Å². The molecular weight excluding hydrogens is 270 g/mol. The zero-order chi connectivity index (χ0) is 15.5. The van der Waals surface area contributed by atoms with Gasteiger partial charge in [0.25, 0.3) is 0 Å². The summed E-state index contributed by atoms with van der Waals surface area (Å²) < 4.78 is 5.48. The summed E-state index contributed by atoms with van der Waals surface area (Å²) in [5.41, 5.74) is 1.17. The van der Waals surface area contributed by atoms with Crippen LogP contribution in [0.25, 0.3) is 0 Å². The first-order valence-electron chi connectivity index (χ1n) is 7.26. The van der Waals surface area contributed by atoms with E-state index >= 15 is 0 Å². The molecule has 0 spiro atoms. The largest absolute Gasteiger partial charge is 0.493 e. The van der Waals surface area contributed by atoms with Crippen LogP contribution in [0, 0.1) is 6.92 Å². The fourth-order valence-corrected chi connectivity index (χ4v) is 1.79. The van der Waals surface area contributed by atoms with Gasteiger partial charge in [-0.05, 0) is 31.9 Å². The Hall–Kier alpha value is -2.04. The Labute approximate surface area is 125 Å². The molecule has 0 atom stereocenters. The van der Waals surface area contributed by atoms with Crippen LogP contribution in [-0.4, -0.2) is 30.1 Å². The van der Waals surface area contributed by atoms with E-state index in [0.717, 1.165) is 18.6 Å². The molecule has 21 heavy (non-hydrogen) atoms. The standard InChI is InChI=1S/C16H23NO4/c1-13-6-8-14(9-7-13)21-12-10-15(18)17-11-4-2-3-5-16(19)20/h6-9H,2-5,10-12H2,1H3,(H,17,18)(H,19,20). The molecule has 0 saturated carbocycles. The number of carbonyl (C=O) groups excluding carboxylic acids is 1. The Bertz CT molecular complexity index is 442. The van der Waals surface area contributed by atoms with E-state index in [1.165, 1.54) is 5.56 Å². The summed E-state index contributed by atoms with van der Waals surface area (Å²) in [5, 5.41) is 11.3. The molecule has 1 aromatic rings. The molecule has 1 amide bonds. The quantitative estimate of drug-likeness (QED) is 0.650. The predicted molar refractivity (Wildman–Crippen MR) is 80.4 cm³/mol. The number of amides is 1. The van der Waals surface area contributed by atoms with Gasteiger partial charge in [0.2, 0.25) is 5.91 Å². The van der Waals surface area contributed by atoms with Crippen LogP contribution in [0.2, 0.25) is 0 Å². The zero-order valence-electron chi connectivity index (χ0n) is 12.4. The zero-order valence-corrected chi connectivity index (χ0v) is 12.4. The van der Waals surface area contributed by atoms with Crippen molar-refractivity contribution in [3.63, 3.8) is 0 Å². The van der Waals surface area contributed by atoms with E-state index in [4.69, 9.17) is 9.84 Å². The molecule has 116 valence electrons. The minimum absolute atomic E-state index is 0.0413. The van der Waals surface area contributed by atoms with E-state index in [0.29, 0.717) is 26.0 Å². The maximum atomic E-state index is 11.5. The molecular formula is C16H23NO4. The lowest BCUT2D eigenvalue weighted by Crippen LogP contribution is -2.25. The second kappa shape index (κ2) is 9.80. The highest BCUT2D eigenvalue weighted by atomic mass is 16.5. The summed E-state index contributed by atoms with van der Waals surface area (Å²) in [6.07, 6.45) is 2.79. The number of benzene rings is 1. The summed E-state index contributed by atoms with van der Waals surface area (Å²) >= 11 is 0. The molecule has 0 heterocycles. The normalized spacial score (nSPS) is 10.1. The summed E-state index contributed by atoms with van der Waals surface area (Å²) in [5.74, 6) is -0.0466. The van der Waals surface area contributed by atoms with Crippen LogP contribution in [0.5, 0.6) is 5.75 Å². The molecule has 0 aliphatic rings. The van der Waals surface area contributed by atoms with E-state index in [9.17, 15) is 9.59 Å². The van der Waals surface area contributed by atoms with Crippen LogP contribution in [0.4, 0.5) is 0 Å². The average Bonchev–Trinajstić information content (AvgIpc) is 2.44. The van der Waals surface area contributed by atoms with Crippen molar-refractivity contribution < 1.29 is 19.4 Å². The van der Waals surface area contributed by atoms with Crippen molar-refractivity contribution in [3.8, 4) is 5.75 Å². The first kappa shape index (κ1) is 17.0. The van der Waals surface area contributed by atoms with Gasteiger partial charge < -0.3 is 15.2 Å². The first-order valence-corrected chi connectivity index (χ1v) is 7.26. The van der Waals surface area contributed by atoms with Gasteiger partial charge in [-0.2, -0.15) is 0 Å². The number of carbonyl (C=O) groups is 2. The minimum atomic E-state index is -0.771. The maximum absolute atomic E-state index is 11.5. The van der Waals surface area contributed by atoms with Gasteiger partial charge >= 0.3 is 5.97 Å². The van der Waals surface area contributed by atoms with E-state index in [1.54, 1.807) is 0 Å². The number of unbranched alkanes of at least 4 members (excludes halogenated alkanes) is 2. The second-order valence-corrected chi connectivity index (χ2v) is 4.97. The predicted octanol–water partition coefficient (Wildman–Crippen LogP) is 2.53.